The first-order chi connectivity index (χ1) is 11.8. The molecule has 1 amide bonds. The van der Waals surface area contributed by atoms with Gasteiger partial charge in [0.05, 0.1) is 12.7 Å². The Morgan fingerprint density at radius 2 is 2.04 bits per heavy atom. The van der Waals surface area contributed by atoms with Crippen LogP contribution in [-0.2, 0) is 6.54 Å². The Balaban J connectivity index is 2.01. The molecular weight excluding hydrogens is 361 g/mol. The van der Waals surface area contributed by atoms with E-state index in [1.54, 1.807) is 24.3 Å². The lowest BCUT2D eigenvalue weighted by atomic mass is 10.2. The van der Waals surface area contributed by atoms with Crippen molar-refractivity contribution in [3.05, 3.63) is 52.7 Å². The highest BCUT2D eigenvalue weighted by Gasteiger charge is 2.29. The van der Waals surface area contributed by atoms with E-state index in [1.165, 1.54) is 13.2 Å². The number of benzene rings is 1. The van der Waals surface area contributed by atoms with Gasteiger partial charge in [0.25, 0.3) is 5.91 Å². The first kappa shape index (κ1) is 18.9. The number of carbonyl (C=O) groups is 1. The Bertz CT molecular complexity index is 754. The van der Waals surface area contributed by atoms with Crippen LogP contribution in [0, 0.1) is 0 Å². The number of nitrogens with zero attached hydrogens (tertiary/aromatic N) is 1. The Kier molecular flexibility index (Phi) is 6.08. The van der Waals surface area contributed by atoms with Gasteiger partial charge in [-0.25, -0.2) is 4.98 Å². The second-order valence-corrected chi connectivity index (χ2v) is 5.32. The van der Waals surface area contributed by atoms with Crippen molar-refractivity contribution in [2.45, 2.75) is 12.7 Å². The minimum atomic E-state index is -4.50. The van der Waals surface area contributed by atoms with Crippen molar-refractivity contribution < 1.29 is 27.4 Å². The van der Waals surface area contributed by atoms with Crippen molar-refractivity contribution in [1.29, 1.82) is 0 Å². The largest absolute Gasteiger partial charge is 0.496 e. The topological polar surface area (TPSA) is 60.5 Å². The molecule has 2 rings (SSSR count). The highest BCUT2D eigenvalue weighted by molar-refractivity contribution is 6.32. The zero-order valence-corrected chi connectivity index (χ0v) is 13.8. The van der Waals surface area contributed by atoms with E-state index in [9.17, 15) is 18.0 Å². The van der Waals surface area contributed by atoms with Crippen molar-refractivity contribution >= 4 is 17.5 Å². The number of nitrogens with one attached hydrogen (secondary N) is 1. The Morgan fingerprint density at radius 1 is 1.32 bits per heavy atom. The van der Waals surface area contributed by atoms with Gasteiger partial charge in [-0.3, -0.25) is 4.79 Å². The predicted octanol–water partition coefficient (Wildman–Crippen LogP) is 3.61. The van der Waals surface area contributed by atoms with Crippen LogP contribution in [0.4, 0.5) is 13.2 Å². The van der Waals surface area contributed by atoms with Gasteiger partial charge in [0.2, 0.25) is 5.88 Å². The number of hydrogen-bond acceptors (Lipinski definition) is 4. The summed E-state index contributed by atoms with van der Waals surface area (Å²) in [6.07, 6.45) is -3.41. The molecule has 1 heterocycles. The lowest BCUT2D eigenvalue weighted by Gasteiger charge is -2.11. The number of rotatable bonds is 6. The SMILES string of the molecule is COc1ccccc1CNC(=O)c1cnc(OCC(F)(F)F)c(Cl)c1. The number of halogens is 4. The number of hydrogen-bond donors (Lipinski definition) is 1. The quantitative estimate of drug-likeness (QED) is 0.839. The summed E-state index contributed by atoms with van der Waals surface area (Å²) < 4.78 is 46.1. The van der Waals surface area contributed by atoms with Gasteiger partial charge >= 0.3 is 6.18 Å². The number of ether oxygens (including phenoxy) is 2. The third-order valence-corrected chi connectivity index (χ3v) is 3.34. The molecule has 0 atom stereocenters. The average Bonchev–Trinajstić information content (AvgIpc) is 2.58. The number of alkyl halides is 3. The maximum absolute atomic E-state index is 12.1. The number of aromatic nitrogens is 1. The smallest absolute Gasteiger partial charge is 0.422 e. The van der Waals surface area contributed by atoms with Crippen LogP contribution in [0.2, 0.25) is 5.02 Å². The van der Waals surface area contributed by atoms with Gasteiger partial charge in [-0.2, -0.15) is 13.2 Å². The minimum Gasteiger partial charge on any atom is -0.496 e. The van der Waals surface area contributed by atoms with Crippen molar-refractivity contribution in [3.8, 4) is 11.6 Å². The fourth-order valence-corrected chi connectivity index (χ4v) is 2.15. The molecule has 0 aliphatic heterocycles. The van der Waals surface area contributed by atoms with Crippen LogP contribution >= 0.6 is 11.6 Å². The van der Waals surface area contributed by atoms with E-state index in [0.717, 1.165) is 11.8 Å². The van der Waals surface area contributed by atoms with Crippen LogP contribution < -0.4 is 14.8 Å². The van der Waals surface area contributed by atoms with E-state index >= 15 is 0 Å². The Hall–Kier alpha value is -2.48. The number of para-hydroxylation sites is 1. The summed E-state index contributed by atoms with van der Waals surface area (Å²) in [6.45, 7) is -1.31. The number of amides is 1. The molecule has 0 saturated heterocycles. The van der Waals surface area contributed by atoms with Crippen molar-refractivity contribution in [1.82, 2.24) is 10.3 Å². The van der Waals surface area contributed by atoms with Crippen LogP contribution in [0.1, 0.15) is 15.9 Å². The van der Waals surface area contributed by atoms with Gasteiger partial charge in [-0.1, -0.05) is 29.8 Å². The first-order valence-electron chi connectivity index (χ1n) is 7.05. The van der Waals surface area contributed by atoms with Gasteiger partial charge in [-0.15, -0.1) is 0 Å². The van der Waals surface area contributed by atoms with E-state index in [4.69, 9.17) is 16.3 Å². The lowest BCUT2D eigenvalue weighted by molar-refractivity contribution is -0.154. The monoisotopic (exact) mass is 374 g/mol. The molecule has 0 fully saturated rings. The summed E-state index contributed by atoms with van der Waals surface area (Å²) in [5.74, 6) is -0.252. The number of pyridine rings is 1. The fourth-order valence-electron chi connectivity index (χ4n) is 1.93. The number of methoxy groups -OCH3 is 1. The molecule has 0 saturated carbocycles. The van der Waals surface area contributed by atoms with E-state index < -0.39 is 18.7 Å². The molecule has 134 valence electrons. The normalized spacial score (nSPS) is 11.1. The van der Waals surface area contributed by atoms with Crippen LogP contribution in [0.25, 0.3) is 0 Å². The Labute approximate surface area is 146 Å². The average molecular weight is 375 g/mol. The van der Waals surface area contributed by atoms with Crippen molar-refractivity contribution in [3.63, 3.8) is 0 Å². The summed E-state index contributed by atoms with van der Waals surface area (Å²) >= 11 is 5.81. The summed E-state index contributed by atoms with van der Waals surface area (Å²) in [5, 5.41) is 2.47. The predicted molar refractivity (Wildman–Crippen MR) is 85.0 cm³/mol. The van der Waals surface area contributed by atoms with E-state index in [0.29, 0.717) is 5.75 Å². The molecule has 0 bridgehead atoms. The summed E-state index contributed by atoms with van der Waals surface area (Å²) in [4.78, 5) is 15.8. The standard InChI is InChI=1S/C16H14ClF3N2O3/c1-24-13-5-3-2-4-10(13)7-21-14(23)11-6-12(17)15(22-8-11)25-9-16(18,19)20/h2-6,8H,7,9H2,1H3,(H,21,23). The molecule has 0 unspecified atom stereocenters. The molecule has 1 aromatic heterocycles. The second kappa shape index (κ2) is 8.06. The summed E-state index contributed by atoms with van der Waals surface area (Å²) in [6, 6.07) is 8.34. The molecule has 2 aromatic rings. The molecule has 25 heavy (non-hydrogen) atoms. The molecule has 9 heteroatoms. The lowest BCUT2D eigenvalue weighted by Crippen LogP contribution is -2.23. The molecule has 0 aliphatic rings. The molecule has 5 nitrogen and oxygen atoms in total. The van der Waals surface area contributed by atoms with Crippen LogP contribution in [-0.4, -0.2) is 30.8 Å². The Morgan fingerprint density at radius 3 is 2.68 bits per heavy atom. The second-order valence-electron chi connectivity index (χ2n) is 4.91. The maximum Gasteiger partial charge on any atom is 0.422 e. The third-order valence-electron chi connectivity index (χ3n) is 3.07. The molecule has 0 radical (unpaired) electrons. The van der Waals surface area contributed by atoms with Crippen LogP contribution in [0.3, 0.4) is 0 Å². The van der Waals surface area contributed by atoms with Gasteiger partial charge < -0.3 is 14.8 Å². The zero-order valence-electron chi connectivity index (χ0n) is 13.1. The first-order valence-corrected chi connectivity index (χ1v) is 7.43. The molecule has 1 aromatic carbocycles. The zero-order chi connectivity index (χ0) is 18.4. The minimum absolute atomic E-state index is 0.0965. The number of carbonyl (C=O) groups excluding carboxylic acids is 1. The summed E-state index contributed by atoms with van der Waals surface area (Å²) in [5.41, 5.74) is 0.863. The highest BCUT2D eigenvalue weighted by Crippen LogP contribution is 2.25. The molecule has 1 N–H and O–H groups in total. The van der Waals surface area contributed by atoms with Crippen molar-refractivity contribution in [2.75, 3.05) is 13.7 Å². The van der Waals surface area contributed by atoms with Gasteiger partial charge in [0, 0.05) is 18.3 Å². The van der Waals surface area contributed by atoms with Crippen LogP contribution in [0.5, 0.6) is 11.6 Å². The molecule has 0 aliphatic carbocycles. The van der Waals surface area contributed by atoms with E-state index in [1.807, 2.05) is 0 Å². The van der Waals surface area contributed by atoms with E-state index in [2.05, 4.69) is 15.0 Å². The van der Waals surface area contributed by atoms with Crippen LogP contribution in [0.15, 0.2) is 36.5 Å². The van der Waals surface area contributed by atoms with Gasteiger partial charge in [0.15, 0.2) is 6.61 Å². The van der Waals surface area contributed by atoms with Crippen molar-refractivity contribution in [2.24, 2.45) is 0 Å². The molecule has 0 spiro atoms. The van der Waals surface area contributed by atoms with Gasteiger partial charge in [-0.05, 0) is 12.1 Å². The fraction of sp³-hybridized carbons (Fsp3) is 0.250. The third kappa shape index (κ3) is 5.53. The van der Waals surface area contributed by atoms with E-state index in [-0.39, 0.29) is 23.0 Å². The molecular formula is C16H14ClF3N2O3. The maximum atomic E-state index is 12.1. The highest BCUT2D eigenvalue weighted by atomic mass is 35.5. The summed E-state index contributed by atoms with van der Waals surface area (Å²) in [7, 11) is 1.52. The van der Waals surface area contributed by atoms with Gasteiger partial charge in [0.1, 0.15) is 10.8 Å².